The van der Waals surface area contributed by atoms with Crippen LogP contribution in [0.2, 0.25) is 0 Å². The molecule has 0 radical (unpaired) electrons. The maximum Gasteiger partial charge on any atom is 0.154 e. The molecular formula is C14H22N2O. The molecule has 1 saturated heterocycles. The summed E-state index contributed by atoms with van der Waals surface area (Å²) in [4.78, 5) is 0. The maximum absolute atomic E-state index is 10.3. The van der Waals surface area contributed by atoms with E-state index < -0.39 is 5.60 Å². The molecule has 1 atom stereocenters. The van der Waals surface area contributed by atoms with E-state index in [0.717, 1.165) is 0 Å². The lowest BCUT2D eigenvalue weighted by molar-refractivity contribution is -0.0229. The van der Waals surface area contributed by atoms with Crippen molar-refractivity contribution in [1.29, 1.82) is 5.26 Å². The smallest absolute Gasteiger partial charge is 0.154 e. The third-order valence-electron chi connectivity index (χ3n) is 3.25. The van der Waals surface area contributed by atoms with Crippen LogP contribution in [0.3, 0.4) is 0 Å². The molecule has 2 N–H and O–H groups in total. The van der Waals surface area contributed by atoms with E-state index in [1.54, 1.807) is 0 Å². The second kappa shape index (κ2) is 4.64. The Hall–Kier alpha value is -1.11. The van der Waals surface area contributed by atoms with Gasteiger partial charge in [0.25, 0.3) is 0 Å². The van der Waals surface area contributed by atoms with Crippen LogP contribution in [0.5, 0.6) is 0 Å². The van der Waals surface area contributed by atoms with Gasteiger partial charge in [-0.05, 0) is 26.7 Å². The average molecular weight is 234 g/mol. The molecule has 3 heteroatoms. The first kappa shape index (κ1) is 14.0. The van der Waals surface area contributed by atoms with Crippen LogP contribution < -0.4 is 5.32 Å². The van der Waals surface area contributed by atoms with Gasteiger partial charge in [-0.1, -0.05) is 12.2 Å². The molecule has 1 fully saturated rings. The van der Waals surface area contributed by atoms with Crippen molar-refractivity contribution in [2.75, 3.05) is 0 Å². The monoisotopic (exact) mass is 234 g/mol. The number of nitrogens with zero attached hydrogens (tertiary/aromatic N) is 1. The minimum Gasteiger partial charge on any atom is -0.375 e. The highest BCUT2D eigenvalue weighted by Crippen LogP contribution is 2.39. The second-order valence-corrected chi connectivity index (χ2v) is 5.77. The molecule has 1 aliphatic heterocycles. The molecule has 17 heavy (non-hydrogen) atoms. The summed E-state index contributed by atoms with van der Waals surface area (Å²) in [6.07, 6.45) is 5.94. The molecule has 94 valence electrons. The van der Waals surface area contributed by atoms with Crippen LogP contribution >= 0.6 is 0 Å². The molecule has 0 aromatic heterocycles. The normalized spacial score (nSPS) is 30.2. The van der Waals surface area contributed by atoms with Crippen LogP contribution in [-0.4, -0.2) is 21.8 Å². The molecule has 1 unspecified atom stereocenters. The summed E-state index contributed by atoms with van der Waals surface area (Å²) in [7, 11) is 0. The summed E-state index contributed by atoms with van der Waals surface area (Å²) in [5.74, 6) is 0. The fraction of sp³-hybridized carbons (Fsp3) is 0.643. The van der Waals surface area contributed by atoms with E-state index >= 15 is 0 Å². The molecule has 0 saturated carbocycles. The summed E-state index contributed by atoms with van der Waals surface area (Å²) >= 11 is 0. The third kappa shape index (κ3) is 3.18. The Kier molecular flexibility index (Phi) is 3.81. The van der Waals surface area contributed by atoms with E-state index in [4.69, 9.17) is 0 Å². The maximum atomic E-state index is 10.3. The van der Waals surface area contributed by atoms with E-state index in [9.17, 15) is 10.4 Å². The van der Waals surface area contributed by atoms with Gasteiger partial charge in [0, 0.05) is 23.9 Å². The van der Waals surface area contributed by atoms with Crippen LogP contribution in [0, 0.1) is 11.3 Å². The van der Waals surface area contributed by atoms with Crippen LogP contribution in [-0.2, 0) is 0 Å². The average Bonchev–Trinajstić information content (AvgIpc) is 2.15. The van der Waals surface area contributed by atoms with Gasteiger partial charge in [-0.15, -0.1) is 13.2 Å². The van der Waals surface area contributed by atoms with Crippen molar-refractivity contribution in [1.82, 2.24) is 5.32 Å². The Morgan fingerprint density at radius 1 is 1.29 bits per heavy atom. The molecular weight excluding hydrogens is 212 g/mol. The first-order valence-electron chi connectivity index (χ1n) is 5.95. The molecule has 0 aliphatic carbocycles. The van der Waals surface area contributed by atoms with Gasteiger partial charge in [-0.25, -0.2) is 0 Å². The van der Waals surface area contributed by atoms with Gasteiger partial charge in [0.1, 0.15) is 0 Å². The molecule has 1 heterocycles. The first-order valence-corrected chi connectivity index (χ1v) is 5.95. The second-order valence-electron chi connectivity index (χ2n) is 5.77. The minimum atomic E-state index is -1.26. The molecule has 1 rings (SSSR count). The van der Waals surface area contributed by atoms with E-state index in [1.807, 2.05) is 26.0 Å². The minimum absolute atomic E-state index is 0.269. The standard InChI is InChI=1S/C14H22N2O/c1-5-7-13(8-6-2)10-14(17,11-15)9-12(3,4)16-13/h5-6,16-17H,1-2,7-10H2,3-4H3. The third-order valence-corrected chi connectivity index (χ3v) is 3.25. The Morgan fingerprint density at radius 2 is 1.82 bits per heavy atom. The Bertz CT molecular complexity index is 344. The topological polar surface area (TPSA) is 56.0 Å². The zero-order chi connectivity index (χ0) is 13.2. The van der Waals surface area contributed by atoms with E-state index in [2.05, 4.69) is 24.5 Å². The summed E-state index contributed by atoms with van der Waals surface area (Å²) in [5, 5.41) is 23.1. The van der Waals surface area contributed by atoms with Gasteiger partial charge in [-0.3, -0.25) is 0 Å². The van der Waals surface area contributed by atoms with Gasteiger partial charge in [0.05, 0.1) is 6.07 Å². The van der Waals surface area contributed by atoms with Crippen molar-refractivity contribution in [3.8, 4) is 6.07 Å². The lowest BCUT2D eigenvalue weighted by Crippen LogP contribution is -2.65. The largest absolute Gasteiger partial charge is 0.375 e. The predicted octanol–water partition coefficient (Wildman–Crippen LogP) is 2.29. The number of piperidine rings is 1. The fourth-order valence-electron chi connectivity index (χ4n) is 3.12. The highest BCUT2D eigenvalue weighted by atomic mass is 16.3. The molecule has 0 spiro atoms. The Morgan fingerprint density at radius 3 is 2.24 bits per heavy atom. The van der Waals surface area contributed by atoms with Gasteiger partial charge < -0.3 is 10.4 Å². The summed E-state index contributed by atoms with van der Waals surface area (Å²) in [6.45, 7) is 11.5. The van der Waals surface area contributed by atoms with Crippen LogP contribution in [0.4, 0.5) is 0 Å². The molecule has 0 bridgehead atoms. The van der Waals surface area contributed by atoms with Crippen LogP contribution in [0.1, 0.15) is 39.5 Å². The molecule has 0 amide bonds. The van der Waals surface area contributed by atoms with E-state index in [1.165, 1.54) is 0 Å². The van der Waals surface area contributed by atoms with Gasteiger partial charge in [0.15, 0.2) is 5.60 Å². The van der Waals surface area contributed by atoms with E-state index in [0.29, 0.717) is 25.7 Å². The zero-order valence-electron chi connectivity index (χ0n) is 10.8. The molecule has 1 aliphatic rings. The summed E-state index contributed by atoms with van der Waals surface area (Å²) in [6, 6.07) is 2.05. The number of rotatable bonds is 4. The van der Waals surface area contributed by atoms with Crippen molar-refractivity contribution in [2.24, 2.45) is 0 Å². The Balaban J connectivity index is 3.09. The first-order chi connectivity index (χ1) is 7.80. The molecule has 0 aromatic carbocycles. The van der Waals surface area contributed by atoms with Crippen LogP contribution in [0.25, 0.3) is 0 Å². The SMILES string of the molecule is C=CCC1(CC=C)CC(O)(C#N)CC(C)(C)N1. The fourth-order valence-corrected chi connectivity index (χ4v) is 3.12. The predicted molar refractivity (Wildman–Crippen MR) is 69.4 cm³/mol. The van der Waals surface area contributed by atoms with Crippen molar-refractivity contribution < 1.29 is 5.11 Å². The summed E-state index contributed by atoms with van der Waals surface area (Å²) in [5.41, 5.74) is -1.84. The van der Waals surface area contributed by atoms with Gasteiger partial charge >= 0.3 is 0 Å². The van der Waals surface area contributed by atoms with E-state index in [-0.39, 0.29) is 11.1 Å². The number of nitrogens with one attached hydrogen (secondary N) is 1. The molecule has 0 aromatic rings. The number of hydrogen-bond donors (Lipinski definition) is 2. The highest BCUT2D eigenvalue weighted by Gasteiger charge is 2.49. The lowest BCUT2D eigenvalue weighted by Gasteiger charge is -2.50. The Labute approximate surface area is 104 Å². The lowest BCUT2D eigenvalue weighted by atomic mass is 9.69. The van der Waals surface area contributed by atoms with Crippen molar-refractivity contribution in [3.05, 3.63) is 25.3 Å². The molecule has 3 nitrogen and oxygen atoms in total. The number of nitriles is 1. The van der Waals surface area contributed by atoms with Crippen molar-refractivity contribution in [2.45, 2.75) is 56.2 Å². The quantitative estimate of drug-likeness (QED) is 0.579. The van der Waals surface area contributed by atoms with Crippen LogP contribution in [0.15, 0.2) is 25.3 Å². The van der Waals surface area contributed by atoms with Crippen molar-refractivity contribution >= 4 is 0 Å². The number of aliphatic hydroxyl groups is 1. The van der Waals surface area contributed by atoms with Gasteiger partial charge in [0.2, 0.25) is 0 Å². The zero-order valence-corrected chi connectivity index (χ0v) is 10.8. The summed E-state index contributed by atoms with van der Waals surface area (Å²) < 4.78 is 0. The number of hydrogen-bond acceptors (Lipinski definition) is 3. The van der Waals surface area contributed by atoms with Gasteiger partial charge in [-0.2, -0.15) is 5.26 Å². The van der Waals surface area contributed by atoms with Crippen molar-refractivity contribution in [3.63, 3.8) is 0 Å². The highest BCUT2D eigenvalue weighted by molar-refractivity contribution is 5.17.